The van der Waals surface area contributed by atoms with Crippen LogP contribution in [0.25, 0.3) is 0 Å². The first-order chi connectivity index (χ1) is 10.2. The largest absolute Gasteiger partial charge is 0.320 e. The number of nitrogens with zero attached hydrogens (tertiary/aromatic N) is 3. The summed E-state index contributed by atoms with van der Waals surface area (Å²) in [5.74, 6) is 0. The van der Waals surface area contributed by atoms with Crippen LogP contribution in [-0.4, -0.2) is 40.9 Å². The summed E-state index contributed by atoms with van der Waals surface area (Å²) in [4.78, 5) is 2.61. The van der Waals surface area contributed by atoms with Gasteiger partial charge in [0.2, 0.25) is 0 Å². The lowest BCUT2D eigenvalue weighted by molar-refractivity contribution is 0.129. The summed E-state index contributed by atoms with van der Waals surface area (Å²) in [5, 5.41) is 8.81. The van der Waals surface area contributed by atoms with Gasteiger partial charge in [0, 0.05) is 19.1 Å². The fourth-order valence-electron chi connectivity index (χ4n) is 3.27. The van der Waals surface area contributed by atoms with Gasteiger partial charge in [-0.05, 0) is 52.7 Å². The molecule has 1 atom stereocenters. The molecule has 1 unspecified atom stereocenters. The van der Waals surface area contributed by atoms with Gasteiger partial charge in [-0.1, -0.05) is 24.9 Å². The molecule has 120 valence electrons. The Morgan fingerprint density at radius 2 is 2.14 bits per heavy atom. The van der Waals surface area contributed by atoms with Crippen LogP contribution in [0.5, 0.6) is 0 Å². The van der Waals surface area contributed by atoms with Crippen molar-refractivity contribution in [3.8, 4) is 0 Å². The highest BCUT2D eigenvalue weighted by molar-refractivity contribution is 6.31. The molecule has 0 saturated carbocycles. The van der Waals surface area contributed by atoms with E-state index in [-0.39, 0.29) is 0 Å². The quantitative estimate of drug-likeness (QED) is 0.840. The second-order valence-electron chi connectivity index (χ2n) is 5.89. The van der Waals surface area contributed by atoms with Gasteiger partial charge in [0.15, 0.2) is 0 Å². The molecular weight excluding hydrogens is 284 g/mol. The average molecular weight is 313 g/mol. The Balaban J connectivity index is 2.12. The summed E-state index contributed by atoms with van der Waals surface area (Å²) in [6.07, 6.45) is 6.08. The highest BCUT2D eigenvalue weighted by atomic mass is 35.5. The third-order valence-corrected chi connectivity index (χ3v) is 4.96. The minimum Gasteiger partial charge on any atom is -0.320 e. The van der Waals surface area contributed by atoms with E-state index < -0.39 is 0 Å². The topological polar surface area (TPSA) is 33.1 Å². The summed E-state index contributed by atoms with van der Waals surface area (Å²) < 4.78 is 2.09. The molecule has 1 aliphatic rings. The molecule has 2 heterocycles. The van der Waals surface area contributed by atoms with Crippen LogP contribution < -0.4 is 5.32 Å². The molecule has 5 heteroatoms. The van der Waals surface area contributed by atoms with E-state index in [0.717, 1.165) is 36.8 Å². The maximum Gasteiger partial charge on any atom is 0.0863 e. The molecule has 0 aromatic carbocycles. The van der Waals surface area contributed by atoms with E-state index in [4.69, 9.17) is 11.6 Å². The van der Waals surface area contributed by atoms with Crippen molar-refractivity contribution in [2.24, 2.45) is 0 Å². The third-order valence-electron chi connectivity index (χ3n) is 4.52. The molecule has 1 fully saturated rings. The van der Waals surface area contributed by atoms with Crippen molar-refractivity contribution in [2.45, 2.75) is 65.1 Å². The predicted molar refractivity (Wildman–Crippen MR) is 88.9 cm³/mol. The number of nitrogens with one attached hydrogen (secondary N) is 1. The second-order valence-corrected chi connectivity index (χ2v) is 6.27. The number of aromatic nitrogens is 2. The summed E-state index contributed by atoms with van der Waals surface area (Å²) in [6.45, 7) is 8.36. The monoisotopic (exact) mass is 312 g/mol. The smallest absolute Gasteiger partial charge is 0.0863 e. The van der Waals surface area contributed by atoms with E-state index >= 15 is 0 Å². The van der Waals surface area contributed by atoms with Gasteiger partial charge in [-0.3, -0.25) is 9.58 Å². The number of likely N-dealkylation sites (tertiary alicyclic amines) is 1. The van der Waals surface area contributed by atoms with E-state index in [0.29, 0.717) is 6.04 Å². The van der Waals surface area contributed by atoms with Gasteiger partial charge in [-0.15, -0.1) is 0 Å². The van der Waals surface area contributed by atoms with Gasteiger partial charge in [0.05, 0.1) is 16.4 Å². The van der Waals surface area contributed by atoms with E-state index in [1.165, 1.54) is 37.9 Å². The maximum atomic E-state index is 6.56. The minimum absolute atomic E-state index is 0.674. The van der Waals surface area contributed by atoms with Gasteiger partial charge in [-0.2, -0.15) is 5.10 Å². The number of piperidine rings is 1. The zero-order chi connectivity index (χ0) is 15.2. The minimum atomic E-state index is 0.674. The van der Waals surface area contributed by atoms with Crippen LogP contribution in [0.1, 0.15) is 50.9 Å². The number of hydrogen-bond acceptors (Lipinski definition) is 3. The second kappa shape index (κ2) is 8.16. The first-order valence-electron chi connectivity index (χ1n) is 8.33. The number of aryl methyl sites for hydroxylation is 2. The molecular formula is C16H29ClN4. The Hall–Kier alpha value is -0.580. The van der Waals surface area contributed by atoms with Crippen molar-refractivity contribution in [3.63, 3.8) is 0 Å². The molecule has 1 N–H and O–H groups in total. The zero-order valence-corrected chi connectivity index (χ0v) is 14.4. The van der Waals surface area contributed by atoms with Gasteiger partial charge < -0.3 is 5.32 Å². The van der Waals surface area contributed by atoms with Gasteiger partial charge in [0.1, 0.15) is 0 Å². The van der Waals surface area contributed by atoms with Gasteiger partial charge >= 0.3 is 0 Å². The Bertz CT molecular complexity index is 444. The van der Waals surface area contributed by atoms with E-state index in [1.807, 2.05) is 7.05 Å². The molecule has 21 heavy (non-hydrogen) atoms. The van der Waals surface area contributed by atoms with Crippen molar-refractivity contribution >= 4 is 11.6 Å². The fraction of sp³-hybridized carbons (Fsp3) is 0.812. The van der Waals surface area contributed by atoms with Crippen molar-refractivity contribution in [1.29, 1.82) is 0 Å². The van der Waals surface area contributed by atoms with Crippen LogP contribution in [0.2, 0.25) is 5.02 Å². The van der Waals surface area contributed by atoms with Crippen molar-refractivity contribution < 1.29 is 0 Å². The maximum absolute atomic E-state index is 6.56. The Labute approximate surface area is 133 Å². The van der Waals surface area contributed by atoms with Crippen LogP contribution in [0.3, 0.4) is 0 Å². The lowest BCUT2D eigenvalue weighted by Gasteiger charge is -2.36. The first-order valence-corrected chi connectivity index (χ1v) is 8.71. The van der Waals surface area contributed by atoms with Crippen LogP contribution in [0, 0.1) is 0 Å². The molecule has 1 aromatic heterocycles. The highest BCUT2D eigenvalue weighted by Gasteiger charge is 2.25. The van der Waals surface area contributed by atoms with Gasteiger partial charge in [0.25, 0.3) is 0 Å². The molecule has 0 spiro atoms. The molecule has 0 aliphatic carbocycles. The Kier molecular flexibility index (Phi) is 6.52. The van der Waals surface area contributed by atoms with Crippen LogP contribution in [0.15, 0.2) is 0 Å². The lowest BCUT2D eigenvalue weighted by atomic mass is 9.99. The normalized spacial score (nSPS) is 20.1. The van der Waals surface area contributed by atoms with Crippen LogP contribution in [-0.2, 0) is 19.5 Å². The summed E-state index contributed by atoms with van der Waals surface area (Å²) in [5.41, 5.74) is 2.24. The van der Waals surface area contributed by atoms with Crippen molar-refractivity contribution in [1.82, 2.24) is 20.0 Å². The third kappa shape index (κ3) is 3.99. The summed E-state index contributed by atoms with van der Waals surface area (Å²) >= 11 is 6.56. The molecule has 1 aromatic rings. The zero-order valence-electron chi connectivity index (χ0n) is 13.7. The highest BCUT2D eigenvalue weighted by Crippen LogP contribution is 2.27. The number of hydrogen-bond donors (Lipinski definition) is 1. The standard InChI is InChI=1S/C16H29ClN4/c1-4-14-16(17)15(21(5-2)19-14)12-20-11-7-6-8-13(20)9-10-18-3/h13,18H,4-12H2,1-3H3. The SMILES string of the molecule is CCc1nn(CC)c(CN2CCCCC2CCNC)c1Cl. The van der Waals surface area contributed by atoms with E-state index in [1.54, 1.807) is 0 Å². The van der Waals surface area contributed by atoms with Gasteiger partial charge in [-0.25, -0.2) is 0 Å². The number of halogens is 1. The summed E-state index contributed by atoms with van der Waals surface area (Å²) in [7, 11) is 2.03. The molecule has 2 rings (SSSR count). The van der Waals surface area contributed by atoms with E-state index in [9.17, 15) is 0 Å². The predicted octanol–water partition coefficient (Wildman–Crippen LogP) is 3.08. The van der Waals surface area contributed by atoms with E-state index in [2.05, 4.69) is 33.8 Å². The van der Waals surface area contributed by atoms with Crippen molar-refractivity contribution in [3.05, 3.63) is 16.4 Å². The van der Waals surface area contributed by atoms with Crippen LogP contribution >= 0.6 is 11.6 Å². The molecule has 1 aliphatic heterocycles. The van der Waals surface area contributed by atoms with Crippen molar-refractivity contribution in [2.75, 3.05) is 20.1 Å². The summed E-state index contributed by atoms with van der Waals surface area (Å²) in [6, 6.07) is 0.674. The Morgan fingerprint density at radius 3 is 2.81 bits per heavy atom. The molecule has 0 bridgehead atoms. The molecule has 0 amide bonds. The molecule has 4 nitrogen and oxygen atoms in total. The average Bonchev–Trinajstić information content (AvgIpc) is 2.82. The first kappa shape index (κ1) is 16.8. The Morgan fingerprint density at radius 1 is 1.33 bits per heavy atom. The number of rotatable bonds is 7. The fourth-order valence-corrected chi connectivity index (χ4v) is 3.60. The lowest BCUT2D eigenvalue weighted by Crippen LogP contribution is -2.40. The molecule has 1 saturated heterocycles. The molecule has 0 radical (unpaired) electrons. The van der Waals surface area contributed by atoms with Crippen LogP contribution in [0.4, 0.5) is 0 Å².